The van der Waals surface area contributed by atoms with Gasteiger partial charge in [0.25, 0.3) is 17.8 Å². The summed E-state index contributed by atoms with van der Waals surface area (Å²) < 4.78 is 134. The Bertz CT molecular complexity index is 4470. The van der Waals surface area contributed by atoms with Gasteiger partial charge in [-0.2, -0.15) is 0 Å². The van der Waals surface area contributed by atoms with E-state index in [0.717, 1.165) is 138 Å². The fourth-order valence-electron chi connectivity index (χ4n) is 17.1. The van der Waals surface area contributed by atoms with Crippen molar-refractivity contribution in [3.8, 4) is 0 Å². The van der Waals surface area contributed by atoms with Gasteiger partial charge < -0.3 is 46.2 Å². The van der Waals surface area contributed by atoms with Gasteiger partial charge >= 0.3 is 0 Å². The summed E-state index contributed by atoms with van der Waals surface area (Å²) in [6.45, 7) is 15.4. The van der Waals surface area contributed by atoms with Crippen molar-refractivity contribution in [2.75, 3.05) is 114 Å². The van der Waals surface area contributed by atoms with E-state index in [2.05, 4.69) is 96.7 Å². The molecule has 3 aromatic heterocycles. The molecule has 3 fully saturated rings. The van der Waals surface area contributed by atoms with Gasteiger partial charge in [-0.3, -0.25) is 29.4 Å². The predicted octanol–water partition coefficient (Wildman–Crippen LogP) is 15.5. The average Bonchev–Trinajstić information content (AvgIpc) is 1.56. The van der Waals surface area contributed by atoms with E-state index >= 15 is 13.2 Å². The minimum Gasteiger partial charge on any atom is -0.390 e. The SMILES string of the molecule is CCCCN1CC(Nc2cc(F)c([C@@H]3c4[nH]c5ccccc5c4C[C@@H](C)N3CC(F)(F)CO)c(F)c2)C1.CCCCN1CC(Nc2ccc([C@@H]3c4[nH]c5ccccc5c4C[C@@H](C)N3CC(F)(F)CO)c(F)c2)C1.CCCCN1CC(Nc2ccc([C@@H]3c4[nH]c5ccccc5c4C[C@@H](C)N3CC(F)(F)CO)cc2)C1. The summed E-state index contributed by atoms with van der Waals surface area (Å²) in [5, 5.41) is 41.2. The van der Waals surface area contributed by atoms with Crippen LogP contribution in [0.3, 0.4) is 0 Å². The number of alkyl halides is 6. The smallest absolute Gasteiger partial charge is 0.283 e. The minimum absolute atomic E-state index is 0.0917. The molecule has 9 heterocycles. The molecule has 9 aromatic rings. The van der Waals surface area contributed by atoms with Crippen LogP contribution in [-0.2, 0) is 19.3 Å². The van der Waals surface area contributed by atoms with E-state index in [0.29, 0.717) is 47.9 Å². The first kappa shape index (κ1) is 78.5. The van der Waals surface area contributed by atoms with E-state index in [1.165, 1.54) is 54.3 Å². The lowest BCUT2D eigenvalue weighted by atomic mass is 9.87. The lowest BCUT2D eigenvalue weighted by Gasteiger charge is -2.42. The Kier molecular flexibility index (Phi) is 24.3. The number of nitrogens with zero attached hydrogens (tertiary/aromatic N) is 6. The number of unbranched alkanes of at least 4 members (excludes halogenated alkanes) is 3. The summed E-state index contributed by atoms with van der Waals surface area (Å²) in [5.41, 5.74) is 11.2. The number of para-hydroxylation sites is 3. The molecule has 0 spiro atoms. The quantitative estimate of drug-likeness (QED) is 0.0224. The molecule has 6 aliphatic rings. The molecule has 3 saturated heterocycles. The number of aromatic amines is 3. The molecule has 0 amide bonds. The Hall–Kier alpha value is -7.65. The van der Waals surface area contributed by atoms with Crippen LogP contribution in [-0.4, -0.2) is 212 Å². The zero-order chi connectivity index (χ0) is 76.3. The first-order chi connectivity index (χ1) is 51.9. The van der Waals surface area contributed by atoms with Gasteiger partial charge in [0.2, 0.25) is 0 Å². The first-order valence-electron chi connectivity index (χ1n) is 38.7. The summed E-state index contributed by atoms with van der Waals surface area (Å²) in [6, 6.07) is 37.2. The first-order valence-corrected chi connectivity index (χ1v) is 38.7. The van der Waals surface area contributed by atoms with Crippen LogP contribution >= 0.6 is 0 Å². The summed E-state index contributed by atoms with van der Waals surface area (Å²) in [7, 11) is 0. The molecular weight excluding hydrogens is 1400 g/mol. The molecule has 15 nitrogen and oxygen atoms in total. The number of anilines is 3. The molecule has 0 unspecified atom stereocenters. The third kappa shape index (κ3) is 17.3. The number of hydrogen-bond donors (Lipinski definition) is 9. The molecule has 0 bridgehead atoms. The minimum atomic E-state index is -3.42. The van der Waals surface area contributed by atoms with E-state index in [-0.39, 0.29) is 35.8 Å². The number of benzene rings is 6. The van der Waals surface area contributed by atoms with Crippen LogP contribution in [0.1, 0.15) is 149 Å². The maximum Gasteiger partial charge on any atom is 0.283 e. The van der Waals surface area contributed by atoms with Crippen LogP contribution in [0.5, 0.6) is 0 Å². The zero-order valence-corrected chi connectivity index (χ0v) is 62.7. The Balaban J connectivity index is 0.000000143. The van der Waals surface area contributed by atoms with Gasteiger partial charge in [0.15, 0.2) is 0 Å². The number of H-pyrrole nitrogens is 3. The highest BCUT2D eigenvalue weighted by Crippen LogP contribution is 2.47. The maximum absolute atomic E-state index is 15.7. The van der Waals surface area contributed by atoms with Crippen molar-refractivity contribution < 1.29 is 54.8 Å². The van der Waals surface area contributed by atoms with Crippen LogP contribution in [0.2, 0.25) is 0 Å². The molecule has 6 aliphatic heterocycles. The van der Waals surface area contributed by atoms with Crippen LogP contribution in [0.25, 0.3) is 32.7 Å². The summed E-state index contributed by atoms with van der Waals surface area (Å²) in [5.74, 6) is -11.9. The molecule has 15 rings (SSSR count). The zero-order valence-electron chi connectivity index (χ0n) is 62.7. The van der Waals surface area contributed by atoms with Crippen LogP contribution in [0.15, 0.2) is 127 Å². The largest absolute Gasteiger partial charge is 0.390 e. The average molecular weight is 1500 g/mol. The Morgan fingerprint density at radius 1 is 0.407 bits per heavy atom. The molecule has 0 radical (unpaired) electrons. The third-order valence-corrected chi connectivity index (χ3v) is 22.8. The molecule has 24 heteroatoms. The second-order valence-corrected chi connectivity index (χ2v) is 31.2. The molecule has 582 valence electrons. The predicted molar refractivity (Wildman–Crippen MR) is 412 cm³/mol. The Labute approximate surface area is 627 Å². The van der Waals surface area contributed by atoms with E-state index in [1.54, 1.807) is 17.9 Å². The number of aliphatic hydroxyl groups is 3. The number of aliphatic hydroxyl groups excluding tert-OH is 3. The molecular formula is C84H105F9N12O3. The van der Waals surface area contributed by atoms with E-state index in [9.17, 15) is 41.7 Å². The fourth-order valence-corrected chi connectivity index (χ4v) is 17.1. The van der Waals surface area contributed by atoms with Crippen molar-refractivity contribution in [3.63, 3.8) is 0 Å². The lowest BCUT2D eigenvalue weighted by molar-refractivity contribution is -0.0870. The van der Waals surface area contributed by atoms with Crippen molar-refractivity contribution in [1.82, 2.24) is 44.4 Å². The molecule has 6 aromatic carbocycles. The number of halogens is 9. The van der Waals surface area contributed by atoms with Gasteiger partial charge in [0.05, 0.1) is 55.9 Å². The summed E-state index contributed by atoms with van der Waals surface area (Å²) in [4.78, 5) is 22.2. The molecule has 108 heavy (non-hydrogen) atoms. The monoisotopic (exact) mass is 1500 g/mol. The van der Waals surface area contributed by atoms with Crippen LogP contribution in [0.4, 0.5) is 56.6 Å². The van der Waals surface area contributed by atoms with Crippen LogP contribution < -0.4 is 16.0 Å². The second-order valence-electron chi connectivity index (χ2n) is 31.2. The molecule has 9 N–H and O–H groups in total. The van der Waals surface area contributed by atoms with Crippen molar-refractivity contribution in [1.29, 1.82) is 0 Å². The number of rotatable bonds is 27. The number of likely N-dealkylation sites (tertiary alicyclic amines) is 3. The molecule has 6 atom stereocenters. The summed E-state index contributed by atoms with van der Waals surface area (Å²) in [6.07, 6.45) is 8.73. The van der Waals surface area contributed by atoms with Gasteiger partial charge in [0.1, 0.15) is 37.3 Å². The number of nitrogens with one attached hydrogen (secondary N) is 6. The van der Waals surface area contributed by atoms with Gasteiger partial charge in [-0.15, -0.1) is 0 Å². The topological polar surface area (TPSA) is 164 Å². The normalized spacial score (nSPS) is 21.5. The van der Waals surface area contributed by atoms with E-state index in [1.807, 2.05) is 91.5 Å². The maximum atomic E-state index is 15.7. The Morgan fingerprint density at radius 3 is 1.13 bits per heavy atom. The van der Waals surface area contributed by atoms with Gasteiger partial charge in [0, 0.05) is 135 Å². The van der Waals surface area contributed by atoms with Gasteiger partial charge in [-0.05, 0) is 156 Å². The van der Waals surface area contributed by atoms with Crippen LogP contribution in [0, 0.1) is 17.5 Å². The number of fused-ring (bicyclic) bond motifs is 9. The number of hydrogen-bond acceptors (Lipinski definition) is 12. The number of aromatic nitrogens is 3. The van der Waals surface area contributed by atoms with E-state index in [4.69, 9.17) is 0 Å². The van der Waals surface area contributed by atoms with Gasteiger partial charge in [-0.25, -0.2) is 39.5 Å². The fraction of sp³-hybridized carbons (Fsp3) is 0.500. The molecule has 0 saturated carbocycles. The second kappa shape index (κ2) is 33.5. The van der Waals surface area contributed by atoms with Crippen molar-refractivity contribution in [2.45, 2.75) is 171 Å². The highest BCUT2D eigenvalue weighted by Gasteiger charge is 2.47. The Morgan fingerprint density at radius 2 is 0.741 bits per heavy atom. The standard InChI is InChI=1S/C28H34F4N4O.C28H35F3N4O.C28H36F2N4O/c1-3-4-9-35-13-19(14-35)33-18-11-22(29)25(23(30)12-18)27-26-21(20-7-5-6-8-24(20)34-26)10-17(2)36(27)15-28(31,32)16-37;1-3-4-11-34-14-20(15-34)32-19-9-10-22(24(29)13-19)27-26-23(21-7-5-6-8-25(21)33-26)12-18(2)35(27)16-28(30,31)17-36;1-3-4-13-33-15-22(16-33)31-21-11-9-20(10-12-21)27-26-24(23-7-5-6-8-25(23)32-26)14-19(2)34(27)17-28(29,30)18-35/h5-8,11-12,17,19,27,33-34,37H,3-4,9-10,13-16H2,1-2H3;5-10,13,18,20,27,32-33,36H,3-4,11-12,14-17H2,1-2H3;5-12,19,22,27,31-32,35H,3-4,13-18H2,1-2H3/t17-,27-;18-,27-;19-,27-/m111/s1. The van der Waals surface area contributed by atoms with Crippen molar-refractivity contribution in [2.24, 2.45) is 0 Å². The highest BCUT2D eigenvalue weighted by molar-refractivity contribution is 5.87. The van der Waals surface area contributed by atoms with E-state index < -0.39 is 92.8 Å². The third-order valence-electron chi connectivity index (χ3n) is 22.8. The van der Waals surface area contributed by atoms with Crippen molar-refractivity contribution >= 4 is 49.8 Å². The molecule has 0 aliphatic carbocycles. The lowest BCUT2D eigenvalue weighted by Crippen LogP contribution is -2.54. The van der Waals surface area contributed by atoms with Crippen molar-refractivity contribution in [3.05, 3.63) is 195 Å². The summed E-state index contributed by atoms with van der Waals surface area (Å²) >= 11 is 0. The highest BCUT2D eigenvalue weighted by atomic mass is 19.3. The van der Waals surface area contributed by atoms with Gasteiger partial charge in [-0.1, -0.05) is 113 Å².